The summed E-state index contributed by atoms with van der Waals surface area (Å²) in [5, 5.41) is 7.81. The second-order valence-electron chi connectivity index (χ2n) is 4.63. The molecule has 96 valence electrons. The first-order valence-corrected chi connectivity index (χ1v) is 6.36. The lowest BCUT2D eigenvalue weighted by Crippen LogP contribution is -2.25. The van der Waals surface area contributed by atoms with Gasteiger partial charge in [-0.15, -0.1) is 0 Å². The number of nitrogens with zero attached hydrogens (tertiary/aromatic N) is 2. The van der Waals surface area contributed by atoms with E-state index in [4.69, 9.17) is 10.5 Å². The van der Waals surface area contributed by atoms with E-state index in [1.165, 1.54) is 6.42 Å². The Bertz CT molecular complexity index is 369. The van der Waals surface area contributed by atoms with Crippen LogP contribution in [0.1, 0.15) is 25.5 Å². The number of ether oxygens (including phenoxy) is 1. The Morgan fingerprint density at radius 1 is 1.59 bits per heavy atom. The molecule has 1 aromatic heterocycles. The molecule has 0 saturated carbocycles. The predicted molar refractivity (Wildman–Crippen MR) is 69.1 cm³/mol. The number of nitrogens with two attached hydrogens (primary N) is 1. The summed E-state index contributed by atoms with van der Waals surface area (Å²) in [6, 6.07) is 0. The highest BCUT2D eigenvalue weighted by Gasteiger charge is 2.16. The van der Waals surface area contributed by atoms with Crippen molar-refractivity contribution in [1.82, 2.24) is 9.78 Å². The molecule has 0 radical (unpaired) electrons. The third-order valence-corrected chi connectivity index (χ3v) is 3.29. The van der Waals surface area contributed by atoms with E-state index < -0.39 is 0 Å². The van der Waals surface area contributed by atoms with Crippen LogP contribution in [0, 0.1) is 12.8 Å². The van der Waals surface area contributed by atoms with Crippen LogP contribution >= 0.6 is 0 Å². The van der Waals surface area contributed by atoms with E-state index in [1.807, 2.05) is 11.6 Å². The van der Waals surface area contributed by atoms with Crippen LogP contribution in [-0.4, -0.2) is 29.5 Å². The van der Waals surface area contributed by atoms with Crippen LogP contribution in [0.4, 0.5) is 11.5 Å². The zero-order chi connectivity index (χ0) is 12.3. The Morgan fingerprint density at radius 2 is 2.41 bits per heavy atom. The number of aryl methyl sites for hydroxylation is 2. The summed E-state index contributed by atoms with van der Waals surface area (Å²) >= 11 is 0. The number of hydrogen-bond acceptors (Lipinski definition) is 4. The lowest BCUT2D eigenvalue weighted by Gasteiger charge is -2.22. The van der Waals surface area contributed by atoms with Gasteiger partial charge in [-0.3, -0.25) is 0 Å². The average Bonchev–Trinajstić information content (AvgIpc) is 2.64. The van der Waals surface area contributed by atoms with Crippen molar-refractivity contribution < 1.29 is 4.74 Å². The minimum Gasteiger partial charge on any atom is -0.394 e. The summed E-state index contributed by atoms with van der Waals surface area (Å²) < 4.78 is 7.39. The van der Waals surface area contributed by atoms with Gasteiger partial charge in [-0.25, -0.2) is 4.68 Å². The molecule has 0 aromatic carbocycles. The molecule has 1 aliphatic rings. The summed E-state index contributed by atoms with van der Waals surface area (Å²) in [6.45, 7) is 7.52. The van der Waals surface area contributed by atoms with E-state index in [0.29, 0.717) is 5.92 Å². The highest BCUT2D eigenvalue weighted by atomic mass is 16.5. The SMILES string of the molecule is CCn1nc(C)c(N)c1NCC1CCCOC1. The van der Waals surface area contributed by atoms with Crippen LogP contribution in [-0.2, 0) is 11.3 Å². The molecule has 1 aliphatic heterocycles. The largest absolute Gasteiger partial charge is 0.394 e. The summed E-state index contributed by atoms with van der Waals surface area (Å²) in [4.78, 5) is 0. The van der Waals surface area contributed by atoms with Crippen molar-refractivity contribution >= 4 is 11.5 Å². The van der Waals surface area contributed by atoms with Crippen LogP contribution in [0.15, 0.2) is 0 Å². The van der Waals surface area contributed by atoms with E-state index >= 15 is 0 Å². The minimum absolute atomic E-state index is 0.587. The molecule has 0 spiro atoms. The number of nitrogens with one attached hydrogen (secondary N) is 1. The van der Waals surface area contributed by atoms with E-state index in [9.17, 15) is 0 Å². The molecule has 1 aromatic rings. The highest BCUT2D eigenvalue weighted by molar-refractivity contribution is 5.64. The van der Waals surface area contributed by atoms with Crippen LogP contribution in [0.25, 0.3) is 0 Å². The van der Waals surface area contributed by atoms with Gasteiger partial charge in [-0.1, -0.05) is 0 Å². The van der Waals surface area contributed by atoms with E-state index in [-0.39, 0.29) is 0 Å². The molecule has 1 unspecified atom stereocenters. The van der Waals surface area contributed by atoms with Crippen LogP contribution in [0.2, 0.25) is 0 Å². The number of aromatic nitrogens is 2. The first-order chi connectivity index (χ1) is 8.22. The minimum atomic E-state index is 0.587. The topological polar surface area (TPSA) is 65.1 Å². The Hall–Kier alpha value is -1.23. The maximum absolute atomic E-state index is 6.02. The van der Waals surface area contributed by atoms with Crippen molar-refractivity contribution in [3.63, 3.8) is 0 Å². The molecule has 2 rings (SSSR count). The normalized spacial score (nSPS) is 20.5. The van der Waals surface area contributed by atoms with E-state index in [0.717, 1.165) is 49.9 Å². The van der Waals surface area contributed by atoms with Gasteiger partial charge in [-0.2, -0.15) is 5.10 Å². The van der Waals surface area contributed by atoms with Crippen molar-refractivity contribution in [2.45, 2.75) is 33.2 Å². The summed E-state index contributed by atoms with van der Waals surface area (Å²) in [7, 11) is 0. The lowest BCUT2D eigenvalue weighted by atomic mass is 10.0. The van der Waals surface area contributed by atoms with E-state index in [2.05, 4.69) is 17.3 Å². The van der Waals surface area contributed by atoms with Gasteiger partial charge in [0.05, 0.1) is 18.0 Å². The second-order valence-corrected chi connectivity index (χ2v) is 4.63. The number of hydrogen-bond donors (Lipinski definition) is 2. The van der Waals surface area contributed by atoms with Gasteiger partial charge in [0.1, 0.15) is 5.82 Å². The molecule has 1 atom stereocenters. The molecule has 0 bridgehead atoms. The first-order valence-electron chi connectivity index (χ1n) is 6.36. The van der Waals surface area contributed by atoms with Gasteiger partial charge in [-0.05, 0) is 32.6 Å². The Labute approximate surface area is 102 Å². The molecular formula is C12H22N4O. The predicted octanol–water partition coefficient (Wildman–Crippen LogP) is 1.63. The van der Waals surface area contributed by atoms with Crippen molar-refractivity contribution in [3.05, 3.63) is 5.69 Å². The Balaban J connectivity index is 1.97. The fraction of sp³-hybridized carbons (Fsp3) is 0.750. The fourth-order valence-electron chi connectivity index (χ4n) is 2.22. The summed E-state index contributed by atoms with van der Waals surface area (Å²) in [5.74, 6) is 1.54. The van der Waals surface area contributed by atoms with Gasteiger partial charge in [0.25, 0.3) is 0 Å². The number of anilines is 2. The summed E-state index contributed by atoms with van der Waals surface area (Å²) in [6.07, 6.45) is 2.39. The zero-order valence-corrected chi connectivity index (χ0v) is 10.7. The molecule has 5 nitrogen and oxygen atoms in total. The molecule has 2 heterocycles. The smallest absolute Gasteiger partial charge is 0.148 e. The summed E-state index contributed by atoms with van der Waals surface area (Å²) in [5.41, 5.74) is 7.68. The third-order valence-electron chi connectivity index (χ3n) is 3.29. The maximum atomic E-state index is 6.02. The molecule has 3 N–H and O–H groups in total. The Kier molecular flexibility index (Phi) is 3.89. The zero-order valence-electron chi connectivity index (χ0n) is 10.7. The second kappa shape index (κ2) is 5.40. The van der Waals surface area contributed by atoms with Gasteiger partial charge < -0.3 is 15.8 Å². The van der Waals surface area contributed by atoms with Crippen molar-refractivity contribution in [3.8, 4) is 0 Å². The molecule has 1 saturated heterocycles. The van der Waals surface area contributed by atoms with Crippen molar-refractivity contribution in [1.29, 1.82) is 0 Å². The molecule has 0 aliphatic carbocycles. The molecular weight excluding hydrogens is 216 g/mol. The molecule has 1 fully saturated rings. The van der Waals surface area contributed by atoms with Crippen LogP contribution in [0.3, 0.4) is 0 Å². The average molecular weight is 238 g/mol. The maximum Gasteiger partial charge on any atom is 0.148 e. The lowest BCUT2D eigenvalue weighted by molar-refractivity contribution is 0.0594. The molecule has 5 heteroatoms. The van der Waals surface area contributed by atoms with E-state index in [1.54, 1.807) is 0 Å². The fourth-order valence-corrected chi connectivity index (χ4v) is 2.22. The number of nitrogen functional groups attached to an aromatic ring is 1. The van der Waals surface area contributed by atoms with Crippen molar-refractivity contribution in [2.75, 3.05) is 30.8 Å². The first kappa shape index (κ1) is 12.2. The van der Waals surface area contributed by atoms with Gasteiger partial charge >= 0.3 is 0 Å². The quantitative estimate of drug-likeness (QED) is 0.837. The van der Waals surface area contributed by atoms with Crippen molar-refractivity contribution in [2.24, 2.45) is 5.92 Å². The highest BCUT2D eigenvalue weighted by Crippen LogP contribution is 2.23. The number of rotatable bonds is 4. The van der Waals surface area contributed by atoms with Gasteiger partial charge in [0, 0.05) is 19.7 Å². The van der Waals surface area contributed by atoms with Crippen LogP contribution in [0.5, 0.6) is 0 Å². The molecule has 0 amide bonds. The third kappa shape index (κ3) is 2.72. The van der Waals surface area contributed by atoms with Gasteiger partial charge in [0.2, 0.25) is 0 Å². The molecule has 17 heavy (non-hydrogen) atoms. The van der Waals surface area contributed by atoms with Crippen LogP contribution < -0.4 is 11.1 Å². The monoisotopic (exact) mass is 238 g/mol. The Morgan fingerprint density at radius 3 is 3.06 bits per heavy atom. The standard InChI is InChI=1S/C12H22N4O/c1-3-16-12(11(13)9(2)15-16)14-7-10-5-4-6-17-8-10/h10,14H,3-8,13H2,1-2H3. The van der Waals surface area contributed by atoms with Gasteiger partial charge in [0.15, 0.2) is 0 Å².